The summed E-state index contributed by atoms with van der Waals surface area (Å²) in [6, 6.07) is 12.2. The summed E-state index contributed by atoms with van der Waals surface area (Å²) in [6.45, 7) is 2.66. The molecule has 1 N–H and O–H groups in total. The van der Waals surface area contributed by atoms with Crippen LogP contribution in [-0.2, 0) is 24.2 Å². The summed E-state index contributed by atoms with van der Waals surface area (Å²) in [5.41, 5.74) is 2.39. The lowest BCUT2D eigenvalue weighted by molar-refractivity contribution is -0.121. The Morgan fingerprint density at radius 3 is 2.71 bits per heavy atom. The van der Waals surface area contributed by atoms with Crippen LogP contribution in [0, 0.1) is 0 Å². The standard InChI is InChI=1S/C18H19N3O2S/c1-2-13-5-7-14(8-6-13)12-19-16(22)9-10-17-20-18(21-23-17)15-4-3-11-24-15/h3-8,11H,2,9-10,12H2,1H3,(H,19,22). The maximum Gasteiger partial charge on any atom is 0.227 e. The Morgan fingerprint density at radius 2 is 2.00 bits per heavy atom. The Hall–Kier alpha value is -2.47. The van der Waals surface area contributed by atoms with Gasteiger partial charge in [0.1, 0.15) is 0 Å². The monoisotopic (exact) mass is 341 g/mol. The van der Waals surface area contributed by atoms with Gasteiger partial charge in [-0.2, -0.15) is 4.98 Å². The van der Waals surface area contributed by atoms with Crippen LogP contribution in [0.1, 0.15) is 30.4 Å². The van der Waals surface area contributed by atoms with Gasteiger partial charge in [0.25, 0.3) is 0 Å². The van der Waals surface area contributed by atoms with Gasteiger partial charge in [0.05, 0.1) is 4.88 Å². The predicted octanol–water partition coefficient (Wildman–Crippen LogP) is 3.61. The van der Waals surface area contributed by atoms with Gasteiger partial charge in [-0.15, -0.1) is 11.3 Å². The van der Waals surface area contributed by atoms with E-state index in [4.69, 9.17) is 4.52 Å². The Balaban J connectivity index is 1.45. The number of aromatic nitrogens is 2. The fourth-order valence-corrected chi connectivity index (χ4v) is 2.91. The molecule has 0 radical (unpaired) electrons. The summed E-state index contributed by atoms with van der Waals surface area (Å²) < 4.78 is 5.19. The van der Waals surface area contributed by atoms with Gasteiger partial charge in [-0.25, -0.2) is 0 Å². The molecular weight excluding hydrogens is 322 g/mol. The van der Waals surface area contributed by atoms with Gasteiger partial charge in [-0.3, -0.25) is 4.79 Å². The normalized spacial score (nSPS) is 10.7. The van der Waals surface area contributed by atoms with Gasteiger partial charge in [0.15, 0.2) is 0 Å². The van der Waals surface area contributed by atoms with Gasteiger partial charge < -0.3 is 9.84 Å². The molecule has 3 rings (SSSR count). The molecule has 0 aliphatic heterocycles. The zero-order valence-electron chi connectivity index (χ0n) is 13.5. The van der Waals surface area contributed by atoms with E-state index < -0.39 is 0 Å². The maximum atomic E-state index is 11.9. The van der Waals surface area contributed by atoms with Crippen LogP contribution >= 0.6 is 11.3 Å². The predicted molar refractivity (Wildman–Crippen MR) is 93.6 cm³/mol. The second kappa shape index (κ2) is 7.88. The first-order chi connectivity index (χ1) is 11.7. The average molecular weight is 341 g/mol. The molecule has 3 aromatic rings. The molecule has 0 spiro atoms. The molecule has 0 atom stereocenters. The molecule has 0 aliphatic rings. The summed E-state index contributed by atoms with van der Waals surface area (Å²) in [6.07, 6.45) is 1.79. The minimum atomic E-state index is -0.0227. The number of thiophene rings is 1. The molecule has 0 unspecified atom stereocenters. The van der Waals surface area contributed by atoms with Crippen molar-refractivity contribution in [3.63, 3.8) is 0 Å². The first-order valence-electron chi connectivity index (χ1n) is 7.95. The zero-order valence-corrected chi connectivity index (χ0v) is 14.3. The molecule has 0 fully saturated rings. The van der Waals surface area contributed by atoms with Crippen LogP contribution < -0.4 is 5.32 Å². The Kier molecular flexibility index (Phi) is 5.38. The highest BCUT2D eigenvalue weighted by Gasteiger charge is 2.11. The molecule has 6 heteroatoms. The molecule has 1 amide bonds. The molecule has 124 valence electrons. The fourth-order valence-electron chi connectivity index (χ4n) is 2.26. The third kappa shape index (κ3) is 4.29. The fraction of sp³-hybridized carbons (Fsp3) is 0.278. The second-order valence-corrected chi connectivity index (χ2v) is 6.38. The van der Waals surface area contributed by atoms with Crippen LogP contribution in [-0.4, -0.2) is 16.0 Å². The quantitative estimate of drug-likeness (QED) is 0.713. The number of carbonyl (C=O) groups excluding carboxylic acids is 1. The van der Waals surface area contributed by atoms with Crippen LogP contribution in [0.25, 0.3) is 10.7 Å². The number of aryl methyl sites for hydroxylation is 2. The number of rotatable bonds is 7. The van der Waals surface area contributed by atoms with Crippen molar-refractivity contribution >= 4 is 17.2 Å². The first kappa shape index (κ1) is 16.4. The Bertz CT molecular complexity index is 779. The highest BCUT2D eigenvalue weighted by molar-refractivity contribution is 7.13. The van der Waals surface area contributed by atoms with Gasteiger partial charge in [0.2, 0.25) is 17.6 Å². The maximum absolute atomic E-state index is 11.9. The van der Waals surface area contributed by atoms with E-state index in [-0.39, 0.29) is 5.91 Å². The lowest BCUT2D eigenvalue weighted by atomic mass is 10.1. The van der Waals surface area contributed by atoms with Crippen molar-refractivity contribution in [1.29, 1.82) is 0 Å². The highest BCUT2D eigenvalue weighted by Crippen LogP contribution is 2.21. The molecule has 24 heavy (non-hydrogen) atoms. The van der Waals surface area contributed by atoms with E-state index >= 15 is 0 Å². The molecule has 0 bridgehead atoms. The third-order valence-corrected chi connectivity index (χ3v) is 4.56. The number of carbonyl (C=O) groups is 1. The van der Waals surface area contributed by atoms with E-state index in [9.17, 15) is 4.79 Å². The van der Waals surface area contributed by atoms with E-state index in [0.717, 1.165) is 16.9 Å². The third-order valence-electron chi connectivity index (χ3n) is 3.70. The number of nitrogens with one attached hydrogen (secondary N) is 1. The lowest BCUT2D eigenvalue weighted by Gasteiger charge is -2.05. The molecule has 0 saturated carbocycles. The van der Waals surface area contributed by atoms with E-state index in [0.29, 0.717) is 31.1 Å². The van der Waals surface area contributed by atoms with Crippen LogP contribution in [0.5, 0.6) is 0 Å². The summed E-state index contributed by atoms with van der Waals surface area (Å²) >= 11 is 1.56. The van der Waals surface area contributed by atoms with E-state index in [2.05, 4.69) is 34.5 Å². The largest absolute Gasteiger partial charge is 0.352 e. The van der Waals surface area contributed by atoms with Gasteiger partial charge in [0, 0.05) is 19.4 Å². The number of nitrogens with zero attached hydrogens (tertiary/aromatic N) is 2. The van der Waals surface area contributed by atoms with Crippen LogP contribution in [0.15, 0.2) is 46.3 Å². The number of amides is 1. The lowest BCUT2D eigenvalue weighted by Crippen LogP contribution is -2.23. The molecule has 2 aromatic heterocycles. The first-order valence-corrected chi connectivity index (χ1v) is 8.83. The van der Waals surface area contributed by atoms with Gasteiger partial charge >= 0.3 is 0 Å². The highest BCUT2D eigenvalue weighted by atomic mass is 32.1. The van der Waals surface area contributed by atoms with Crippen molar-refractivity contribution < 1.29 is 9.32 Å². The van der Waals surface area contributed by atoms with E-state index in [1.54, 1.807) is 11.3 Å². The number of benzene rings is 1. The van der Waals surface area contributed by atoms with Crippen molar-refractivity contribution in [3.8, 4) is 10.7 Å². The summed E-state index contributed by atoms with van der Waals surface area (Å²) in [7, 11) is 0. The smallest absolute Gasteiger partial charge is 0.227 e. The Morgan fingerprint density at radius 1 is 1.21 bits per heavy atom. The molecular formula is C18H19N3O2S. The number of hydrogen-bond acceptors (Lipinski definition) is 5. The van der Waals surface area contributed by atoms with E-state index in [1.807, 2.05) is 29.6 Å². The van der Waals surface area contributed by atoms with Crippen molar-refractivity contribution in [2.75, 3.05) is 0 Å². The summed E-state index contributed by atoms with van der Waals surface area (Å²) in [5.74, 6) is 1.04. The topological polar surface area (TPSA) is 68.0 Å². The average Bonchev–Trinajstić information content (AvgIpc) is 3.29. The molecule has 2 heterocycles. The number of hydrogen-bond donors (Lipinski definition) is 1. The summed E-state index contributed by atoms with van der Waals surface area (Å²) in [5, 5.41) is 8.82. The van der Waals surface area contributed by atoms with Crippen molar-refractivity contribution in [2.24, 2.45) is 0 Å². The molecule has 5 nitrogen and oxygen atoms in total. The van der Waals surface area contributed by atoms with Crippen molar-refractivity contribution in [2.45, 2.75) is 32.7 Å². The van der Waals surface area contributed by atoms with Gasteiger partial charge in [-0.1, -0.05) is 42.4 Å². The van der Waals surface area contributed by atoms with E-state index in [1.165, 1.54) is 5.56 Å². The van der Waals surface area contributed by atoms with Crippen molar-refractivity contribution in [3.05, 3.63) is 58.8 Å². The molecule has 0 aliphatic carbocycles. The minimum absolute atomic E-state index is 0.0227. The Labute approximate surface area is 144 Å². The van der Waals surface area contributed by atoms with Crippen LogP contribution in [0.3, 0.4) is 0 Å². The van der Waals surface area contributed by atoms with Crippen molar-refractivity contribution in [1.82, 2.24) is 15.5 Å². The molecule has 0 saturated heterocycles. The minimum Gasteiger partial charge on any atom is -0.352 e. The zero-order chi connectivity index (χ0) is 16.8. The van der Waals surface area contributed by atoms with Crippen LogP contribution in [0.4, 0.5) is 0 Å². The second-order valence-electron chi connectivity index (χ2n) is 5.44. The SMILES string of the molecule is CCc1ccc(CNC(=O)CCc2nc(-c3cccs3)no2)cc1. The summed E-state index contributed by atoms with van der Waals surface area (Å²) in [4.78, 5) is 17.2. The van der Waals surface area contributed by atoms with Crippen LogP contribution in [0.2, 0.25) is 0 Å². The van der Waals surface area contributed by atoms with Gasteiger partial charge in [-0.05, 0) is 29.0 Å². The molecule has 1 aromatic carbocycles.